The van der Waals surface area contributed by atoms with Crippen LogP contribution in [-0.4, -0.2) is 108 Å². The van der Waals surface area contributed by atoms with E-state index in [0.29, 0.717) is 12.8 Å². The van der Waals surface area contributed by atoms with Crippen molar-refractivity contribution in [1.82, 2.24) is 5.32 Å². The number of nitrogens with one attached hydrogen (secondary N) is 1. The van der Waals surface area contributed by atoms with E-state index in [2.05, 4.69) is 31.3 Å². The molecule has 1 fully saturated rings. The third kappa shape index (κ3) is 37.5. The van der Waals surface area contributed by atoms with Crippen LogP contribution in [0.1, 0.15) is 277 Å². The van der Waals surface area contributed by atoms with Crippen molar-refractivity contribution in [3.63, 3.8) is 0 Å². The van der Waals surface area contributed by atoms with Gasteiger partial charge in [-0.3, -0.25) is 13.8 Å². The minimum Gasteiger partial charge on any atom is -0.393 e. The van der Waals surface area contributed by atoms with Crippen molar-refractivity contribution < 1.29 is 59.0 Å². The standard InChI is InChI=1S/C58H112NO12P/c1-3-5-7-9-11-13-15-17-19-21-23-25-27-29-31-33-35-37-39-41-43-45-49(60)47-52(62)59-50(48-70-72(68,69)71-58-56(66)54(64)53(63)55(65)57(58)67)51(61)46-44-42-40-38-36-34-32-30-28-26-24-22-20-18-16-14-12-10-8-6-4-2/h36,38,44,46,49-51,53-58,60-61,63-67H,3-35,37,39-43,45,47-48H2,1-2H3,(H,59,62)(H,68,69)/b38-36+,46-44+. The highest BCUT2D eigenvalue weighted by atomic mass is 31.2. The lowest BCUT2D eigenvalue weighted by molar-refractivity contribution is -0.220. The summed E-state index contributed by atoms with van der Waals surface area (Å²) in [5.41, 5.74) is 0. The Morgan fingerprint density at radius 1 is 0.486 bits per heavy atom. The number of aliphatic hydroxyl groups is 7. The molecule has 8 unspecified atom stereocenters. The number of hydrogen-bond acceptors (Lipinski definition) is 11. The van der Waals surface area contributed by atoms with E-state index in [4.69, 9.17) is 9.05 Å². The number of aliphatic hydroxyl groups excluding tert-OH is 7. The van der Waals surface area contributed by atoms with Gasteiger partial charge in [0.25, 0.3) is 0 Å². The van der Waals surface area contributed by atoms with Crippen LogP contribution in [0.2, 0.25) is 0 Å². The number of allylic oxidation sites excluding steroid dienone is 3. The van der Waals surface area contributed by atoms with E-state index in [1.807, 2.05) is 0 Å². The summed E-state index contributed by atoms with van der Waals surface area (Å²) >= 11 is 0. The lowest BCUT2D eigenvalue weighted by atomic mass is 9.85. The molecule has 1 amide bonds. The molecule has 1 aliphatic carbocycles. The number of amides is 1. The second kappa shape index (κ2) is 47.0. The van der Waals surface area contributed by atoms with E-state index in [-0.39, 0.29) is 6.42 Å². The molecule has 9 N–H and O–H groups in total. The molecular formula is C58H112NO12P. The Hall–Kier alpha value is -1.22. The zero-order valence-electron chi connectivity index (χ0n) is 45.9. The van der Waals surface area contributed by atoms with E-state index in [1.165, 1.54) is 205 Å². The maximum atomic E-state index is 13.1. The fourth-order valence-electron chi connectivity index (χ4n) is 9.73. The fraction of sp³-hybridized carbons (Fsp3) is 0.914. The molecule has 1 rings (SSSR count). The smallest absolute Gasteiger partial charge is 0.393 e. The first-order chi connectivity index (χ1) is 34.8. The van der Waals surface area contributed by atoms with E-state index in [0.717, 1.165) is 44.9 Å². The molecule has 0 bridgehead atoms. The number of phosphoric acid groups is 1. The van der Waals surface area contributed by atoms with Crippen LogP contribution in [0.25, 0.3) is 0 Å². The molecule has 0 saturated heterocycles. The molecule has 0 radical (unpaired) electrons. The Labute approximate surface area is 439 Å². The summed E-state index contributed by atoms with van der Waals surface area (Å²) in [5.74, 6) is -0.596. The maximum absolute atomic E-state index is 13.1. The van der Waals surface area contributed by atoms with Crippen LogP contribution in [0, 0.1) is 0 Å². The minimum absolute atomic E-state index is 0.248. The highest BCUT2D eigenvalue weighted by Gasteiger charge is 2.51. The Morgan fingerprint density at radius 3 is 1.22 bits per heavy atom. The number of unbranched alkanes of at least 4 members (excludes halogenated alkanes) is 36. The van der Waals surface area contributed by atoms with E-state index < -0.39 is 75.2 Å². The van der Waals surface area contributed by atoms with Crippen LogP contribution in [-0.2, 0) is 18.4 Å². The Morgan fingerprint density at radius 2 is 0.819 bits per heavy atom. The molecule has 72 heavy (non-hydrogen) atoms. The van der Waals surface area contributed by atoms with E-state index in [1.54, 1.807) is 6.08 Å². The molecule has 426 valence electrons. The van der Waals surface area contributed by atoms with Crippen LogP contribution in [0.4, 0.5) is 0 Å². The average molecular weight is 1050 g/mol. The Balaban J connectivity index is 2.41. The maximum Gasteiger partial charge on any atom is 0.472 e. The summed E-state index contributed by atoms with van der Waals surface area (Å²) in [5, 5.41) is 74.9. The number of rotatable bonds is 51. The highest BCUT2D eigenvalue weighted by Crippen LogP contribution is 2.47. The topological polar surface area (TPSA) is 226 Å². The van der Waals surface area contributed by atoms with E-state index >= 15 is 0 Å². The van der Waals surface area contributed by atoms with Gasteiger partial charge in [-0.1, -0.05) is 263 Å². The van der Waals surface area contributed by atoms with Crippen LogP contribution < -0.4 is 5.32 Å². The van der Waals surface area contributed by atoms with Gasteiger partial charge in [-0.05, 0) is 32.1 Å². The van der Waals surface area contributed by atoms with Crippen molar-refractivity contribution in [2.75, 3.05) is 6.61 Å². The molecule has 13 nitrogen and oxygen atoms in total. The van der Waals surface area contributed by atoms with Gasteiger partial charge in [-0.25, -0.2) is 4.57 Å². The quantitative estimate of drug-likeness (QED) is 0.0158. The average Bonchev–Trinajstić information content (AvgIpc) is 3.36. The molecule has 0 aromatic heterocycles. The molecule has 14 heteroatoms. The number of phosphoric ester groups is 1. The Kier molecular flexibility index (Phi) is 44.9. The summed E-state index contributed by atoms with van der Waals surface area (Å²) in [6.45, 7) is 3.79. The molecule has 0 aromatic carbocycles. The third-order valence-electron chi connectivity index (χ3n) is 14.5. The molecule has 1 aliphatic rings. The van der Waals surface area contributed by atoms with Crippen molar-refractivity contribution in [1.29, 1.82) is 0 Å². The van der Waals surface area contributed by atoms with Crippen molar-refractivity contribution in [2.45, 2.75) is 332 Å². The zero-order valence-corrected chi connectivity index (χ0v) is 46.8. The highest BCUT2D eigenvalue weighted by molar-refractivity contribution is 7.47. The lowest BCUT2D eigenvalue weighted by Gasteiger charge is -2.41. The summed E-state index contributed by atoms with van der Waals surface area (Å²) in [6.07, 6.45) is 42.7. The summed E-state index contributed by atoms with van der Waals surface area (Å²) in [6, 6.07) is -1.26. The second-order valence-corrected chi connectivity index (χ2v) is 22.8. The third-order valence-corrected chi connectivity index (χ3v) is 15.5. The Bertz CT molecular complexity index is 1320. The van der Waals surface area contributed by atoms with Gasteiger partial charge in [0.05, 0.1) is 31.3 Å². The molecular weight excluding hydrogens is 934 g/mol. The molecule has 0 heterocycles. The van der Waals surface area contributed by atoms with E-state index in [9.17, 15) is 50.0 Å². The number of carbonyl (C=O) groups excluding carboxylic acids is 1. The number of hydrogen-bond donors (Lipinski definition) is 9. The van der Waals surface area contributed by atoms with Crippen LogP contribution in [0.3, 0.4) is 0 Å². The summed E-state index contributed by atoms with van der Waals surface area (Å²) < 4.78 is 23.0. The normalized spacial score (nSPS) is 21.6. The van der Waals surface area contributed by atoms with Gasteiger partial charge in [0.1, 0.15) is 36.6 Å². The van der Waals surface area contributed by atoms with Gasteiger partial charge >= 0.3 is 7.82 Å². The molecule has 8 atom stereocenters. The van der Waals surface area contributed by atoms with Gasteiger partial charge in [-0.15, -0.1) is 0 Å². The molecule has 1 saturated carbocycles. The first-order valence-electron chi connectivity index (χ1n) is 29.9. The molecule has 0 spiro atoms. The predicted molar refractivity (Wildman–Crippen MR) is 294 cm³/mol. The van der Waals surface area contributed by atoms with Gasteiger partial charge in [0, 0.05) is 0 Å². The van der Waals surface area contributed by atoms with Crippen LogP contribution in [0.15, 0.2) is 24.3 Å². The van der Waals surface area contributed by atoms with Crippen molar-refractivity contribution in [2.24, 2.45) is 0 Å². The van der Waals surface area contributed by atoms with Gasteiger partial charge in [-0.2, -0.15) is 0 Å². The molecule has 0 aromatic rings. The molecule has 0 aliphatic heterocycles. The lowest BCUT2D eigenvalue weighted by Crippen LogP contribution is -2.64. The largest absolute Gasteiger partial charge is 0.472 e. The van der Waals surface area contributed by atoms with Crippen molar-refractivity contribution >= 4 is 13.7 Å². The zero-order chi connectivity index (χ0) is 52.9. The summed E-state index contributed by atoms with van der Waals surface area (Å²) in [4.78, 5) is 23.6. The number of carbonyl (C=O) groups is 1. The van der Waals surface area contributed by atoms with Crippen LogP contribution >= 0.6 is 7.82 Å². The minimum atomic E-state index is -5.16. The second-order valence-electron chi connectivity index (χ2n) is 21.4. The first kappa shape index (κ1) is 68.8. The summed E-state index contributed by atoms with van der Waals surface area (Å²) in [7, 11) is -5.16. The van der Waals surface area contributed by atoms with Crippen molar-refractivity contribution in [3.8, 4) is 0 Å². The van der Waals surface area contributed by atoms with Gasteiger partial charge in [0.15, 0.2) is 0 Å². The fourth-order valence-corrected chi connectivity index (χ4v) is 10.7. The van der Waals surface area contributed by atoms with Crippen molar-refractivity contribution in [3.05, 3.63) is 24.3 Å². The predicted octanol–water partition coefficient (Wildman–Crippen LogP) is 12.7. The van der Waals surface area contributed by atoms with Crippen LogP contribution in [0.5, 0.6) is 0 Å². The SMILES string of the molecule is CCCCCCCCCCCCCCCCC/C=C/CC/C=C/C(O)C(COP(=O)(O)OC1C(O)C(O)C(O)C(O)C1O)NC(=O)CC(O)CCCCCCCCCCCCCCCCCCCCCCC. The van der Waals surface area contributed by atoms with Gasteiger partial charge < -0.3 is 46.0 Å². The monoisotopic (exact) mass is 1050 g/mol. The first-order valence-corrected chi connectivity index (χ1v) is 31.4. The van der Waals surface area contributed by atoms with Gasteiger partial charge in [0.2, 0.25) is 5.91 Å².